The smallest absolute Gasteiger partial charge is 0.406 e. The van der Waals surface area contributed by atoms with Crippen LogP contribution in [0, 0.1) is 0 Å². The van der Waals surface area contributed by atoms with E-state index in [2.05, 4.69) is 15.0 Å². The summed E-state index contributed by atoms with van der Waals surface area (Å²) in [5.74, 6) is -0.764. The number of nitrogens with one attached hydrogen (secondary N) is 1. The van der Waals surface area contributed by atoms with E-state index in [1.807, 2.05) is 0 Å². The molecule has 1 aromatic rings. The number of hydrogen-bond donors (Lipinski definition) is 3. The lowest BCUT2D eigenvalue weighted by molar-refractivity contribution is -0.274. The number of ether oxygens (including phenoxy) is 2. The maximum atomic E-state index is 12.1. The Balaban J connectivity index is 0.00000312. The van der Waals surface area contributed by atoms with Gasteiger partial charge < -0.3 is 26.3 Å². The summed E-state index contributed by atoms with van der Waals surface area (Å²) in [5.41, 5.74) is 11.3. The zero-order valence-corrected chi connectivity index (χ0v) is 15.3. The molecular formula is C14H18F3IN4O3. The van der Waals surface area contributed by atoms with Crippen LogP contribution in [0.2, 0.25) is 0 Å². The van der Waals surface area contributed by atoms with Gasteiger partial charge in [0.2, 0.25) is 5.91 Å². The van der Waals surface area contributed by atoms with Crippen LogP contribution in [0.4, 0.5) is 18.9 Å². The molecule has 0 aliphatic carbocycles. The highest BCUT2D eigenvalue weighted by molar-refractivity contribution is 14.0. The van der Waals surface area contributed by atoms with Gasteiger partial charge in [-0.25, -0.2) is 0 Å². The molecule has 7 nitrogen and oxygen atoms in total. The molecule has 1 aliphatic rings. The summed E-state index contributed by atoms with van der Waals surface area (Å²) in [6, 6.07) is 5.05. The number of anilines is 1. The van der Waals surface area contributed by atoms with Crippen LogP contribution in [0.1, 0.15) is 12.8 Å². The maximum absolute atomic E-state index is 12.1. The van der Waals surface area contributed by atoms with E-state index in [0.29, 0.717) is 18.5 Å². The molecule has 25 heavy (non-hydrogen) atoms. The van der Waals surface area contributed by atoms with Crippen molar-refractivity contribution in [2.45, 2.75) is 31.4 Å². The molecule has 2 unspecified atom stereocenters. The van der Waals surface area contributed by atoms with E-state index < -0.39 is 18.4 Å². The summed E-state index contributed by atoms with van der Waals surface area (Å²) in [5, 5.41) is 2.73. The van der Waals surface area contributed by atoms with Crippen molar-refractivity contribution >= 4 is 41.5 Å². The van der Waals surface area contributed by atoms with Crippen LogP contribution in [-0.2, 0) is 9.53 Å². The van der Waals surface area contributed by atoms with Crippen molar-refractivity contribution in [1.29, 1.82) is 0 Å². The van der Waals surface area contributed by atoms with E-state index in [9.17, 15) is 18.0 Å². The summed E-state index contributed by atoms with van der Waals surface area (Å²) in [4.78, 5) is 15.1. The van der Waals surface area contributed by atoms with E-state index in [0.717, 1.165) is 12.1 Å². The van der Waals surface area contributed by atoms with Gasteiger partial charge >= 0.3 is 6.36 Å². The predicted octanol–water partition coefficient (Wildman–Crippen LogP) is 1.96. The molecule has 0 saturated carbocycles. The molecular weight excluding hydrogens is 456 g/mol. The average molecular weight is 474 g/mol. The molecule has 11 heteroatoms. The first-order valence-electron chi connectivity index (χ1n) is 7.10. The first-order valence-corrected chi connectivity index (χ1v) is 7.10. The third-order valence-corrected chi connectivity index (χ3v) is 3.25. The Hall–Kier alpha value is -1.76. The molecule has 1 fully saturated rings. The fourth-order valence-electron chi connectivity index (χ4n) is 2.18. The van der Waals surface area contributed by atoms with Gasteiger partial charge in [0.15, 0.2) is 5.96 Å². The van der Waals surface area contributed by atoms with Crippen molar-refractivity contribution in [2.24, 2.45) is 16.5 Å². The SMILES string of the molecule is I.NC(=O)C1CCC(CN=C(N)Nc2ccc(OC(F)(F)F)cc2)O1. The normalized spacial score (nSPS) is 20.7. The van der Waals surface area contributed by atoms with Crippen LogP contribution in [0.25, 0.3) is 0 Å². The van der Waals surface area contributed by atoms with Crippen molar-refractivity contribution in [3.63, 3.8) is 0 Å². The highest BCUT2D eigenvalue weighted by atomic mass is 127. The predicted molar refractivity (Wildman–Crippen MR) is 95.7 cm³/mol. The highest BCUT2D eigenvalue weighted by Crippen LogP contribution is 2.24. The standard InChI is InChI=1S/C14H17F3N4O3.HI/c15-14(16,17)24-9-3-1-8(2-4-9)21-13(19)20-7-10-5-6-11(23-10)12(18)22;/h1-4,10-11H,5-7H2,(H2,18,22)(H3,19,20,21);1H. The second-order valence-electron chi connectivity index (χ2n) is 5.15. The quantitative estimate of drug-likeness (QED) is 0.343. The van der Waals surface area contributed by atoms with E-state index in [1.165, 1.54) is 12.1 Å². The number of nitrogens with two attached hydrogens (primary N) is 2. The van der Waals surface area contributed by atoms with Crippen molar-refractivity contribution in [3.05, 3.63) is 24.3 Å². The minimum Gasteiger partial charge on any atom is -0.406 e. The zero-order valence-electron chi connectivity index (χ0n) is 13.0. The Labute approximate surface area is 158 Å². The third-order valence-electron chi connectivity index (χ3n) is 3.25. The zero-order chi connectivity index (χ0) is 17.7. The first-order chi connectivity index (χ1) is 11.2. The molecule has 5 N–H and O–H groups in total. The molecule has 1 amide bonds. The molecule has 2 rings (SSSR count). The molecule has 1 saturated heterocycles. The maximum Gasteiger partial charge on any atom is 0.573 e. The Kier molecular flexibility index (Phi) is 7.73. The number of alkyl halides is 3. The number of benzene rings is 1. The van der Waals surface area contributed by atoms with E-state index in [-0.39, 0.29) is 48.3 Å². The Bertz CT molecular complexity index is 610. The number of guanidine groups is 1. The fourth-order valence-corrected chi connectivity index (χ4v) is 2.18. The minimum absolute atomic E-state index is 0. The second-order valence-corrected chi connectivity index (χ2v) is 5.15. The van der Waals surface area contributed by atoms with E-state index in [4.69, 9.17) is 16.2 Å². The van der Waals surface area contributed by atoms with Gasteiger partial charge in [0.1, 0.15) is 11.9 Å². The van der Waals surface area contributed by atoms with Gasteiger partial charge in [0.25, 0.3) is 0 Å². The van der Waals surface area contributed by atoms with Gasteiger partial charge in [-0.2, -0.15) is 0 Å². The Morgan fingerprint density at radius 3 is 2.44 bits per heavy atom. The molecule has 0 aromatic heterocycles. The van der Waals surface area contributed by atoms with Crippen LogP contribution < -0.4 is 21.5 Å². The summed E-state index contributed by atoms with van der Waals surface area (Å²) >= 11 is 0. The number of halogens is 4. The van der Waals surface area contributed by atoms with Crippen LogP contribution >= 0.6 is 24.0 Å². The Morgan fingerprint density at radius 2 is 1.92 bits per heavy atom. The lowest BCUT2D eigenvalue weighted by Crippen LogP contribution is -2.29. The number of primary amides is 1. The summed E-state index contributed by atoms with van der Waals surface area (Å²) < 4.78 is 45.3. The van der Waals surface area contributed by atoms with Crippen molar-refractivity contribution in [1.82, 2.24) is 0 Å². The molecule has 2 atom stereocenters. The third kappa shape index (κ3) is 7.34. The monoisotopic (exact) mass is 474 g/mol. The number of carbonyl (C=O) groups excluding carboxylic acids is 1. The molecule has 1 heterocycles. The lowest BCUT2D eigenvalue weighted by Gasteiger charge is -2.11. The van der Waals surface area contributed by atoms with E-state index >= 15 is 0 Å². The minimum atomic E-state index is -4.74. The molecule has 140 valence electrons. The Morgan fingerprint density at radius 1 is 1.28 bits per heavy atom. The molecule has 0 bridgehead atoms. The number of rotatable bonds is 5. The number of nitrogens with zero attached hydrogens (tertiary/aromatic N) is 1. The van der Waals surface area contributed by atoms with Crippen LogP contribution in [0.5, 0.6) is 5.75 Å². The van der Waals surface area contributed by atoms with Crippen LogP contribution in [0.3, 0.4) is 0 Å². The number of amides is 1. The number of hydrogen-bond acceptors (Lipinski definition) is 4. The molecule has 0 radical (unpaired) electrons. The number of carbonyl (C=O) groups is 1. The largest absolute Gasteiger partial charge is 0.573 e. The second kappa shape index (κ2) is 9.08. The van der Waals surface area contributed by atoms with E-state index in [1.54, 1.807) is 0 Å². The highest BCUT2D eigenvalue weighted by Gasteiger charge is 2.31. The van der Waals surface area contributed by atoms with Gasteiger partial charge in [-0.3, -0.25) is 9.79 Å². The summed E-state index contributed by atoms with van der Waals surface area (Å²) in [6.07, 6.45) is -4.39. The van der Waals surface area contributed by atoms with Gasteiger partial charge in [0.05, 0.1) is 12.6 Å². The van der Waals surface area contributed by atoms with Crippen molar-refractivity contribution in [3.8, 4) is 5.75 Å². The van der Waals surface area contributed by atoms with Crippen molar-refractivity contribution < 1.29 is 27.4 Å². The average Bonchev–Trinajstić information content (AvgIpc) is 2.95. The fraction of sp³-hybridized carbons (Fsp3) is 0.429. The summed E-state index contributed by atoms with van der Waals surface area (Å²) in [6.45, 7) is 0.248. The topological polar surface area (TPSA) is 112 Å². The molecule has 0 spiro atoms. The first kappa shape index (κ1) is 21.3. The van der Waals surface area contributed by atoms with Crippen LogP contribution in [-0.4, -0.2) is 37.0 Å². The molecule has 1 aliphatic heterocycles. The van der Waals surface area contributed by atoms with Gasteiger partial charge in [-0.15, -0.1) is 37.1 Å². The number of aliphatic imine (C=N–C) groups is 1. The molecule has 1 aromatic carbocycles. The van der Waals surface area contributed by atoms with Gasteiger partial charge in [-0.1, -0.05) is 0 Å². The summed E-state index contributed by atoms with van der Waals surface area (Å²) in [7, 11) is 0. The lowest BCUT2D eigenvalue weighted by atomic mass is 10.2. The van der Waals surface area contributed by atoms with Gasteiger partial charge in [-0.05, 0) is 37.1 Å². The van der Waals surface area contributed by atoms with Crippen LogP contribution in [0.15, 0.2) is 29.3 Å². The van der Waals surface area contributed by atoms with Crippen molar-refractivity contribution in [2.75, 3.05) is 11.9 Å². The van der Waals surface area contributed by atoms with Gasteiger partial charge in [0, 0.05) is 5.69 Å².